The van der Waals surface area contributed by atoms with Gasteiger partial charge in [0, 0.05) is 51.1 Å². The van der Waals surface area contributed by atoms with Crippen LogP contribution in [0.5, 0.6) is 0 Å². The maximum Gasteiger partial charge on any atom is 0.317 e. The molecule has 172 valence electrons. The Hall–Kier alpha value is -3.01. The summed E-state index contributed by atoms with van der Waals surface area (Å²) in [4.78, 5) is 40.2. The van der Waals surface area contributed by atoms with Crippen LogP contribution in [0.25, 0.3) is 0 Å². The van der Waals surface area contributed by atoms with E-state index in [1.165, 1.54) is 0 Å². The van der Waals surface area contributed by atoms with Crippen LogP contribution in [0.2, 0.25) is 0 Å². The highest BCUT2D eigenvalue weighted by atomic mass is 16.5. The molecule has 2 aromatic rings. The van der Waals surface area contributed by atoms with E-state index in [1.54, 1.807) is 18.6 Å². The fraction of sp³-hybridized carbons (Fsp3) is 0.591. The number of hydrogen-bond donors (Lipinski definition) is 2. The van der Waals surface area contributed by atoms with Gasteiger partial charge in [-0.1, -0.05) is 13.3 Å². The van der Waals surface area contributed by atoms with Crippen LogP contribution in [0.3, 0.4) is 0 Å². The van der Waals surface area contributed by atoms with Crippen molar-refractivity contribution in [2.24, 2.45) is 0 Å². The van der Waals surface area contributed by atoms with E-state index in [9.17, 15) is 9.59 Å². The van der Waals surface area contributed by atoms with E-state index in [0.29, 0.717) is 51.3 Å². The lowest BCUT2D eigenvalue weighted by molar-refractivity contribution is -0.172. The molecule has 4 rings (SSSR count). The van der Waals surface area contributed by atoms with Gasteiger partial charge < -0.3 is 24.8 Å². The second kappa shape index (κ2) is 9.64. The zero-order chi connectivity index (χ0) is 22.6. The lowest BCUT2D eigenvalue weighted by Gasteiger charge is -2.45. The molecular formula is C22H31N7O3. The average Bonchev–Trinajstić information content (AvgIpc) is 3.29. The van der Waals surface area contributed by atoms with Crippen molar-refractivity contribution in [1.82, 2.24) is 35.1 Å². The summed E-state index contributed by atoms with van der Waals surface area (Å²) in [5.74, 6) is 0.642. The van der Waals surface area contributed by atoms with E-state index < -0.39 is 11.7 Å². The number of piperidine rings is 1. The van der Waals surface area contributed by atoms with Crippen molar-refractivity contribution in [3.63, 3.8) is 0 Å². The van der Waals surface area contributed by atoms with Gasteiger partial charge in [-0.25, -0.2) is 9.78 Å². The molecule has 1 saturated heterocycles. The molecule has 2 aliphatic rings. The van der Waals surface area contributed by atoms with E-state index in [-0.39, 0.29) is 11.9 Å². The minimum absolute atomic E-state index is 0.0408. The summed E-state index contributed by atoms with van der Waals surface area (Å²) in [5.41, 5.74) is 0.851. The first kappa shape index (κ1) is 22.2. The molecule has 2 N–H and O–H groups in total. The van der Waals surface area contributed by atoms with Crippen LogP contribution < -0.4 is 10.6 Å². The fourth-order valence-corrected chi connectivity index (χ4v) is 4.23. The van der Waals surface area contributed by atoms with Gasteiger partial charge in [-0.05, 0) is 13.3 Å². The number of nitrogens with zero attached hydrogens (tertiary/aromatic N) is 5. The standard InChI is InChI=1S/C22H31N7O3/c1-3-4-7-24-21(31)28-9-5-22(6-10-28)20-23-8-11-29(20)15-18(32-22)19(30)27-14-17-13-25-16(2)12-26-17/h8,11-13,18H,3-7,9-10,14-15H2,1-2H3,(H,24,31)(H,27,30)/t18-/m1/s1. The predicted molar refractivity (Wildman–Crippen MR) is 117 cm³/mol. The largest absolute Gasteiger partial charge is 0.352 e. The Bertz CT molecular complexity index is 935. The number of amides is 3. The average molecular weight is 442 g/mol. The molecule has 1 fully saturated rings. The number of imidazole rings is 1. The number of carbonyl (C=O) groups is 2. The van der Waals surface area contributed by atoms with Crippen molar-refractivity contribution in [2.75, 3.05) is 19.6 Å². The summed E-state index contributed by atoms with van der Waals surface area (Å²) in [6.07, 6.45) is 9.53. The van der Waals surface area contributed by atoms with E-state index in [0.717, 1.165) is 24.4 Å². The van der Waals surface area contributed by atoms with Gasteiger partial charge in [0.2, 0.25) is 0 Å². The highest BCUT2D eigenvalue weighted by Gasteiger charge is 2.47. The number of likely N-dealkylation sites (tertiary alicyclic amines) is 1. The quantitative estimate of drug-likeness (QED) is 0.657. The topological polar surface area (TPSA) is 114 Å². The first-order chi connectivity index (χ1) is 15.5. The third-order valence-corrected chi connectivity index (χ3v) is 6.09. The van der Waals surface area contributed by atoms with E-state index in [2.05, 4.69) is 32.5 Å². The Kier molecular flexibility index (Phi) is 6.69. The summed E-state index contributed by atoms with van der Waals surface area (Å²) in [6, 6.07) is -0.0408. The molecule has 4 heterocycles. The van der Waals surface area contributed by atoms with Crippen LogP contribution in [0.4, 0.5) is 4.79 Å². The Morgan fingerprint density at radius 1 is 1.19 bits per heavy atom. The number of aryl methyl sites for hydroxylation is 1. The van der Waals surface area contributed by atoms with Crippen molar-refractivity contribution >= 4 is 11.9 Å². The molecule has 0 saturated carbocycles. The molecule has 0 bridgehead atoms. The number of rotatable bonds is 6. The maximum absolute atomic E-state index is 12.9. The SMILES string of the molecule is CCCCNC(=O)N1CCC2(CC1)O[C@@H](C(=O)NCc1cnc(C)cn1)Cn1ccnc12. The smallest absolute Gasteiger partial charge is 0.317 e. The summed E-state index contributed by atoms with van der Waals surface area (Å²) < 4.78 is 8.40. The molecule has 3 amide bonds. The molecule has 0 unspecified atom stereocenters. The zero-order valence-electron chi connectivity index (χ0n) is 18.7. The van der Waals surface area contributed by atoms with Gasteiger partial charge in [0.25, 0.3) is 5.91 Å². The number of ether oxygens (including phenoxy) is 1. The van der Waals surface area contributed by atoms with Crippen LogP contribution in [-0.2, 0) is 28.2 Å². The summed E-state index contributed by atoms with van der Waals surface area (Å²) >= 11 is 0. The molecule has 1 spiro atoms. The van der Waals surface area contributed by atoms with Gasteiger partial charge in [-0.2, -0.15) is 0 Å². The van der Waals surface area contributed by atoms with Crippen molar-refractivity contribution in [3.8, 4) is 0 Å². The van der Waals surface area contributed by atoms with Gasteiger partial charge in [0.05, 0.1) is 30.7 Å². The van der Waals surface area contributed by atoms with E-state index in [1.807, 2.05) is 22.6 Å². The highest BCUT2D eigenvalue weighted by Crippen LogP contribution is 2.40. The van der Waals surface area contributed by atoms with Gasteiger partial charge in [0.15, 0.2) is 6.10 Å². The van der Waals surface area contributed by atoms with Gasteiger partial charge in [0.1, 0.15) is 11.4 Å². The number of fused-ring (bicyclic) bond motifs is 2. The molecule has 10 heteroatoms. The van der Waals surface area contributed by atoms with Crippen molar-refractivity contribution in [2.45, 2.75) is 64.3 Å². The van der Waals surface area contributed by atoms with Crippen LogP contribution in [-0.4, -0.2) is 62.1 Å². The molecular weight excluding hydrogens is 410 g/mol. The number of unbranched alkanes of at least 4 members (excludes halogenated alkanes) is 1. The van der Waals surface area contributed by atoms with Crippen LogP contribution in [0.1, 0.15) is 49.8 Å². The third-order valence-electron chi connectivity index (χ3n) is 6.09. The van der Waals surface area contributed by atoms with Crippen molar-refractivity contribution < 1.29 is 14.3 Å². The van der Waals surface area contributed by atoms with Crippen molar-refractivity contribution in [3.05, 3.63) is 42.0 Å². The molecule has 0 radical (unpaired) electrons. The normalized spacial score (nSPS) is 19.4. The van der Waals surface area contributed by atoms with Gasteiger partial charge in [-0.3, -0.25) is 14.8 Å². The zero-order valence-corrected chi connectivity index (χ0v) is 18.7. The minimum Gasteiger partial charge on any atom is -0.352 e. The Morgan fingerprint density at radius 2 is 2.00 bits per heavy atom. The Balaban J connectivity index is 1.39. The van der Waals surface area contributed by atoms with Crippen LogP contribution >= 0.6 is 0 Å². The molecule has 0 aromatic carbocycles. The van der Waals surface area contributed by atoms with E-state index >= 15 is 0 Å². The minimum atomic E-state index is -0.673. The molecule has 2 aromatic heterocycles. The van der Waals surface area contributed by atoms with Crippen LogP contribution in [0, 0.1) is 6.92 Å². The highest BCUT2D eigenvalue weighted by molar-refractivity contribution is 5.81. The second-order valence-electron chi connectivity index (χ2n) is 8.44. The summed E-state index contributed by atoms with van der Waals surface area (Å²) in [6.45, 7) is 6.46. The number of carbonyl (C=O) groups excluding carboxylic acids is 2. The third kappa shape index (κ3) is 4.74. The van der Waals surface area contributed by atoms with Gasteiger partial charge in [-0.15, -0.1) is 0 Å². The predicted octanol–water partition coefficient (Wildman–Crippen LogP) is 1.50. The molecule has 10 nitrogen and oxygen atoms in total. The first-order valence-electron chi connectivity index (χ1n) is 11.3. The lowest BCUT2D eigenvalue weighted by atomic mass is 9.88. The first-order valence-corrected chi connectivity index (χ1v) is 11.3. The Morgan fingerprint density at radius 3 is 2.72 bits per heavy atom. The molecule has 2 aliphatic heterocycles. The number of hydrogen-bond acceptors (Lipinski definition) is 6. The molecule has 0 aliphatic carbocycles. The lowest BCUT2D eigenvalue weighted by Crippen LogP contribution is -2.55. The summed E-state index contributed by atoms with van der Waals surface area (Å²) in [7, 11) is 0. The van der Waals surface area contributed by atoms with Crippen LogP contribution in [0.15, 0.2) is 24.8 Å². The Labute approximate surface area is 187 Å². The monoisotopic (exact) mass is 441 g/mol. The van der Waals surface area contributed by atoms with E-state index in [4.69, 9.17) is 4.74 Å². The molecule has 1 atom stereocenters. The second-order valence-corrected chi connectivity index (χ2v) is 8.44. The maximum atomic E-state index is 12.9. The molecule has 32 heavy (non-hydrogen) atoms. The number of aromatic nitrogens is 4. The van der Waals surface area contributed by atoms with Crippen molar-refractivity contribution in [1.29, 1.82) is 0 Å². The number of urea groups is 1. The van der Waals surface area contributed by atoms with Gasteiger partial charge >= 0.3 is 6.03 Å². The number of nitrogens with one attached hydrogen (secondary N) is 2. The summed E-state index contributed by atoms with van der Waals surface area (Å²) in [5, 5.41) is 5.89. The fourth-order valence-electron chi connectivity index (χ4n) is 4.23.